The summed E-state index contributed by atoms with van der Waals surface area (Å²) in [5.74, 6) is 1.05. The van der Waals surface area contributed by atoms with E-state index in [0.717, 1.165) is 15.8 Å². The van der Waals surface area contributed by atoms with Gasteiger partial charge in [-0.3, -0.25) is 4.79 Å². The van der Waals surface area contributed by atoms with Crippen molar-refractivity contribution in [2.24, 2.45) is 5.92 Å². The van der Waals surface area contributed by atoms with Gasteiger partial charge in [0.1, 0.15) is 5.75 Å². The van der Waals surface area contributed by atoms with E-state index in [1.165, 1.54) is 0 Å². The van der Waals surface area contributed by atoms with Crippen LogP contribution in [-0.4, -0.2) is 11.9 Å². The van der Waals surface area contributed by atoms with Crippen molar-refractivity contribution in [3.05, 3.63) is 28.2 Å². The highest BCUT2D eigenvalue weighted by Gasteiger charge is 2.31. The molecule has 1 aromatic carbocycles. The van der Waals surface area contributed by atoms with E-state index in [2.05, 4.69) is 15.9 Å². The molecule has 1 heterocycles. The number of halogens is 1. The fourth-order valence-electron chi connectivity index (χ4n) is 1.76. The van der Waals surface area contributed by atoms with Gasteiger partial charge in [-0.1, -0.05) is 35.8 Å². The minimum atomic E-state index is -0.293. The van der Waals surface area contributed by atoms with Crippen LogP contribution in [0.15, 0.2) is 22.7 Å². The Bertz CT molecular complexity index is 399. The Morgan fingerprint density at radius 2 is 2.27 bits per heavy atom. The molecule has 0 saturated heterocycles. The van der Waals surface area contributed by atoms with Crippen molar-refractivity contribution >= 4 is 21.7 Å². The lowest BCUT2D eigenvalue weighted by atomic mass is 10.0. The SMILES string of the molecule is CC(C)C(=O)C1Cc2c(Br)cccc2O1. The van der Waals surface area contributed by atoms with Crippen LogP contribution in [0, 0.1) is 5.92 Å². The number of hydrogen-bond donors (Lipinski definition) is 0. The van der Waals surface area contributed by atoms with Gasteiger partial charge in [0.2, 0.25) is 0 Å². The average molecular weight is 269 g/mol. The first-order chi connectivity index (χ1) is 7.09. The van der Waals surface area contributed by atoms with Gasteiger partial charge in [0.05, 0.1) is 0 Å². The van der Waals surface area contributed by atoms with Gasteiger partial charge in [-0.25, -0.2) is 0 Å². The molecule has 15 heavy (non-hydrogen) atoms. The maximum absolute atomic E-state index is 11.8. The Morgan fingerprint density at radius 1 is 1.53 bits per heavy atom. The second kappa shape index (κ2) is 3.97. The van der Waals surface area contributed by atoms with E-state index in [1.54, 1.807) is 0 Å². The topological polar surface area (TPSA) is 26.3 Å². The van der Waals surface area contributed by atoms with Gasteiger partial charge in [0, 0.05) is 22.4 Å². The van der Waals surface area contributed by atoms with Gasteiger partial charge in [-0.05, 0) is 12.1 Å². The maximum Gasteiger partial charge on any atom is 0.176 e. The number of rotatable bonds is 2. The van der Waals surface area contributed by atoms with Crippen LogP contribution < -0.4 is 4.74 Å². The molecule has 0 bridgehead atoms. The van der Waals surface area contributed by atoms with Gasteiger partial charge in [0.25, 0.3) is 0 Å². The lowest BCUT2D eigenvalue weighted by Gasteiger charge is -2.11. The van der Waals surface area contributed by atoms with Gasteiger partial charge in [-0.2, -0.15) is 0 Å². The Hall–Kier alpha value is -0.830. The molecule has 80 valence electrons. The van der Waals surface area contributed by atoms with Crippen LogP contribution in [-0.2, 0) is 11.2 Å². The molecule has 0 saturated carbocycles. The molecule has 0 aliphatic carbocycles. The number of ketones is 1. The van der Waals surface area contributed by atoms with Gasteiger partial charge >= 0.3 is 0 Å². The van der Waals surface area contributed by atoms with Crippen molar-refractivity contribution in [1.82, 2.24) is 0 Å². The zero-order valence-electron chi connectivity index (χ0n) is 8.79. The van der Waals surface area contributed by atoms with Crippen molar-refractivity contribution in [1.29, 1.82) is 0 Å². The molecular formula is C12H13BrO2. The van der Waals surface area contributed by atoms with E-state index in [4.69, 9.17) is 4.74 Å². The Kier molecular flexibility index (Phi) is 2.83. The van der Waals surface area contributed by atoms with Crippen LogP contribution in [0.4, 0.5) is 0 Å². The molecule has 0 radical (unpaired) electrons. The Labute approximate surface area is 97.8 Å². The normalized spacial score (nSPS) is 18.8. The molecule has 0 amide bonds. The number of carbonyl (C=O) groups excluding carboxylic acids is 1. The largest absolute Gasteiger partial charge is 0.482 e. The summed E-state index contributed by atoms with van der Waals surface area (Å²) in [4.78, 5) is 11.8. The predicted octanol–water partition coefficient (Wildman–Crippen LogP) is 2.98. The fraction of sp³-hybridized carbons (Fsp3) is 0.417. The molecule has 0 aromatic heterocycles. The molecule has 3 heteroatoms. The molecule has 2 rings (SSSR count). The zero-order valence-corrected chi connectivity index (χ0v) is 10.4. The lowest BCUT2D eigenvalue weighted by molar-refractivity contribution is -0.128. The van der Waals surface area contributed by atoms with Gasteiger partial charge in [0.15, 0.2) is 11.9 Å². The van der Waals surface area contributed by atoms with E-state index in [0.29, 0.717) is 6.42 Å². The Morgan fingerprint density at radius 3 is 2.87 bits per heavy atom. The van der Waals surface area contributed by atoms with Crippen LogP contribution in [0.3, 0.4) is 0 Å². The highest BCUT2D eigenvalue weighted by molar-refractivity contribution is 9.10. The standard InChI is InChI=1S/C12H13BrO2/c1-7(2)12(14)11-6-8-9(13)4-3-5-10(8)15-11/h3-5,7,11H,6H2,1-2H3. The number of ether oxygens (including phenoxy) is 1. The van der Waals surface area contributed by atoms with Crippen molar-refractivity contribution in [3.63, 3.8) is 0 Å². The first-order valence-corrected chi connectivity index (χ1v) is 5.86. The van der Waals surface area contributed by atoms with Crippen molar-refractivity contribution in [3.8, 4) is 5.75 Å². The molecule has 0 spiro atoms. The molecule has 1 unspecified atom stereocenters. The van der Waals surface area contributed by atoms with E-state index < -0.39 is 0 Å². The van der Waals surface area contributed by atoms with E-state index in [-0.39, 0.29) is 17.8 Å². The number of benzene rings is 1. The third-order valence-corrected chi connectivity index (χ3v) is 3.36. The average Bonchev–Trinajstić information content (AvgIpc) is 2.61. The summed E-state index contributed by atoms with van der Waals surface area (Å²) in [6, 6.07) is 5.81. The summed E-state index contributed by atoms with van der Waals surface area (Å²) in [6.07, 6.45) is 0.395. The summed E-state index contributed by atoms with van der Waals surface area (Å²) in [5.41, 5.74) is 1.11. The summed E-state index contributed by atoms with van der Waals surface area (Å²) >= 11 is 3.47. The molecule has 1 aliphatic rings. The highest BCUT2D eigenvalue weighted by Crippen LogP contribution is 2.35. The summed E-state index contributed by atoms with van der Waals surface area (Å²) in [6.45, 7) is 3.81. The Balaban J connectivity index is 2.23. The molecule has 0 N–H and O–H groups in total. The van der Waals surface area contributed by atoms with E-state index in [1.807, 2.05) is 32.0 Å². The smallest absolute Gasteiger partial charge is 0.176 e. The second-order valence-corrected chi connectivity index (χ2v) is 4.94. The number of carbonyl (C=O) groups is 1. The highest BCUT2D eigenvalue weighted by atomic mass is 79.9. The molecule has 1 atom stereocenters. The second-order valence-electron chi connectivity index (χ2n) is 4.08. The summed E-state index contributed by atoms with van der Waals surface area (Å²) in [5, 5.41) is 0. The van der Waals surface area contributed by atoms with Gasteiger partial charge in [-0.15, -0.1) is 0 Å². The van der Waals surface area contributed by atoms with Crippen LogP contribution in [0.1, 0.15) is 19.4 Å². The summed E-state index contributed by atoms with van der Waals surface area (Å²) in [7, 11) is 0. The van der Waals surface area contributed by atoms with Crippen molar-refractivity contribution in [2.45, 2.75) is 26.4 Å². The molecule has 1 aromatic rings. The van der Waals surface area contributed by atoms with Crippen LogP contribution in [0.5, 0.6) is 5.75 Å². The quantitative estimate of drug-likeness (QED) is 0.825. The fourth-order valence-corrected chi connectivity index (χ4v) is 2.27. The monoisotopic (exact) mass is 268 g/mol. The minimum Gasteiger partial charge on any atom is -0.482 e. The number of hydrogen-bond acceptors (Lipinski definition) is 2. The van der Waals surface area contributed by atoms with Crippen LogP contribution in [0.25, 0.3) is 0 Å². The third-order valence-electron chi connectivity index (χ3n) is 2.62. The van der Waals surface area contributed by atoms with Crippen molar-refractivity contribution in [2.75, 3.05) is 0 Å². The first-order valence-electron chi connectivity index (χ1n) is 5.07. The predicted molar refractivity (Wildman–Crippen MR) is 62.1 cm³/mol. The molecule has 1 aliphatic heterocycles. The third kappa shape index (κ3) is 1.93. The first kappa shape index (κ1) is 10.7. The number of Topliss-reactive ketones (excluding diaryl/α,β-unsaturated/α-hetero) is 1. The maximum atomic E-state index is 11.8. The lowest BCUT2D eigenvalue weighted by Crippen LogP contribution is -2.29. The van der Waals surface area contributed by atoms with Crippen LogP contribution >= 0.6 is 15.9 Å². The zero-order chi connectivity index (χ0) is 11.0. The number of fused-ring (bicyclic) bond motifs is 1. The van der Waals surface area contributed by atoms with Gasteiger partial charge < -0.3 is 4.74 Å². The van der Waals surface area contributed by atoms with Crippen molar-refractivity contribution < 1.29 is 9.53 Å². The molecule has 0 fully saturated rings. The minimum absolute atomic E-state index is 0.0306. The molecular weight excluding hydrogens is 256 g/mol. The van der Waals surface area contributed by atoms with Crippen LogP contribution in [0.2, 0.25) is 0 Å². The summed E-state index contributed by atoms with van der Waals surface area (Å²) < 4.78 is 6.66. The molecule has 2 nitrogen and oxygen atoms in total. The van der Waals surface area contributed by atoms with E-state index >= 15 is 0 Å². The van der Waals surface area contributed by atoms with E-state index in [9.17, 15) is 4.79 Å².